The smallest absolute Gasteiger partial charge is 0.270 e. The van der Waals surface area contributed by atoms with Crippen molar-refractivity contribution in [1.29, 1.82) is 0 Å². The zero-order valence-electron chi connectivity index (χ0n) is 13.5. The van der Waals surface area contributed by atoms with Crippen LogP contribution in [0.4, 0.5) is 11.4 Å². The number of nitrogens with one attached hydrogen (secondary N) is 1. The number of nitro groups is 1. The third-order valence-corrected chi connectivity index (χ3v) is 4.38. The molecule has 126 valence electrons. The van der Waals surface area contributed by atoms with Gasteiger partial charge in [0.2, 0.25) is 0 Å². The van der Waals surface area contributed by atoms with Crippen molar-refractivity contribution in [3.05, 3.63) is 33.9 Å². The van der Waals surface area contributed by atoms with Gasteiger partial charge in [-0.1, -0.05) is 6.92 Å². The van der Waals surface area contributed by atoms with E-state index in [1.54, 1.807) is 6.07 Å². The minimum atomic E-state index is -0.496. The maximum Gasteiger partial charge on any atom is 0.270 e. The van der Waals surface area contributed by atoms with E-state index < -0.39 is 4.92 Å². The van der Waals surface area contributed by atoms with Crippen LogP contribution in [0.25, 0.3) is 0 Å². The number of amides is 1. The van der Waals surface area contributed by atoms with Crippen LogP contribution in [0.3, 0.4) is 0 Å². The van der Waals surface area contributed by atoms with Gasteiger partial charge in [0.05, 0.1) is 16.2 Å². The number of carbonyl (C=O) groups is 1. The van der Waals surface area contributed by atoms with Gasteiger partial charge in [0, 0.05) is 37.9 Å². The molecule has 2 unspecified atom stereocenters. The number of benzene rings is 1. The molecule has 2 N–H and O–H groups in total. The summed E-state index contributed by atoms with van der Waals surface area (Å²) in [6.07, 6.45) is 2.10. The quantitative estimate of drug-likeness (QED) is 0.616. The average Bonchev–Trinajstić information content (AvgIpc) is 3.07. The second kappa shape index (κ2) is 7.41. The molecule has 2 rings (SSSR count). The summed E-state index contributed by atoms with van der Waals surface area (Å²) >= 11 is 0. The van der Waals surface area contributed by atoms with Crippen molar-refractivity contribution < 1.29 is 14.8 Å². The summed E-state index contributed by atoms with van der Waals surface area (Å²) in [4.78, 5) is 25.2. The number of carbonyl (C=O) groups excluding carboxylic acids is 1. The molecular formula is C16H23N3O4. The molecule has 1 saturated heterocycles. The van der Waals surface area contributed by atoms with Crippen molar-refractivity contribution in [3.63, 3.8) is 0 Å². The number of nitro benzene ring substituents is 1. The Hall–Kier alpha value is -2.15. The number of aliphatic hydroxyl groups is 1. The molecule has 1 heterocycles. The summed E-state index contributed by atoms with van der Waals surface area (Å²) in [5.41, 5.74) is 0.952. The van der Waals surface area contributed by atoms with E-state index in [1.807, 2.05) is 13.8 Å². The number of non-ortho nitro benzene ring substituents is 1. The maximum atomic E-state index is 12.6. The van der Waals surface area contributed by atoms with Gasteiger partial charge >= 0.3 is 0 Å². The van der Waals surface area contributed by atoms with E-state index in [-0.39, 0.29) is 30.2 Å². The van der Waals surface area contributed by atoms with Gasteiger partial charge in [-0.05, 0) is 31.7 Å². The summed E-state index contributed by atoms with van der Waals surface area (Å²) in [7, 11) is 0. The fraction of sp³-hybridized carbons (Fsp3) is 0.562. The molecule has 7 heteroatoms. The Balaban J connectivity index is 2.30. The first-order valence-electron chi connectivity index (χ1n) is 7.89. The largest absolute Gasteiger partial charge is 0.396 e. The second-order valence-corrected chi connectivity index (χ2v) is 6.07. The summed E-state index contributed by atoms with van der Waals surface area (Å²) in [5, 5.41) is 23.0. The standard InChI is InChI=1S/C16H23N3O4/c1-11(10-20)12(2)17-16(21)14-9-13(19(22)23)5-6-15(14)18-7-3-4-8-18/h5-6,9,11-12,20H,3-4,7-8,10H2,1-2H3,(H,17,21). The van der Waals surface area contributed by atoms with E-state index in [1.165, 1.54) is 12.1 Å². The number of hydrogen-bond acceptors (Lipinski definition) is 5. The number of aliphatic hydroxyl groups excluding tert-OH is 1. The van der Waals surface area contributed by atoms with Crippen molar-refractivity contribution in [2.24, 2.45) is 5.92 Å². The molecular weight excluding hydrogens is 298 g/mol. The Morgan fingerprint density at radius 2 is 2.04 bits per heavy atom. The highest BCUT2D eigenvalue weighted by molar-refractivity contribution is 6.00. The predicted octanol–water partition coefficient (Wildman–Crippen LogP) is 1.94. The third kappa shape index (κ3) is 3.98. The molecule has 7 nitrogen and oxygen atoms in total. The van der Waals surface area contributed by atoms with Crippen molar-refractivity contribution in [2.45, 2.75) is 32.7 Å². The zero-order valence-corrected chi connectivity index (χ0v) is 13.5. The van der Waals surface area contributed by atoms with Crippen LogP contribution in [0.2, 0.25) is 0 Å². The fourth-order valence-corrected chi connectivity index (χ4v) is 2.64. The highest BCUT2D eigenvalue weighted by atomic mass is 16.6. The van der Waals surface area contributed by atoms with Gasteiger partial charge in [0.25, 0.3) is 11.6 Å². The van der Waals surface area contributed by atoms with Crippen LogP contribution < -0.4 is 10.2 Å². The first-order chi connectivity index (χ1) is 10.9. The van der Waals surface area contributed by atoms with Gasteiger partial charge < -0.3 is 15.3 Å². The fourth-order valence-electron chi connectivity index (χ4n) is 2.64. The Labute approximate surface area is 135 Å². The summed E-state index contributed by atoms with van der Waals surface area (Å²) in [6.45, 7) is 5.31. The lowest BCUT2D eigenvalue weighted by Gasteiger charge is -2.23. The molecule has 0 radical (unpaired) electrons. The first-order valence-corrected chi connectivity index (χ1v) is 7.89. The number of hydrogen-bond donors (Lipinski definition) is 2. The molecule has 23 heavy (non-hydrogen) atoms. The molecule has 0 saturated carbocycles. The van der Waals surface area contributed by atoms with Gasteiger partial charge in [-0.3, -0.25) is 14.9 Å². The molecule has 0 spiro atoms. The maximum absolute atomic E-state index is 12.6. The van der Waals surface area contributed by atoms with Crippen LogP contribution in [0, 0.1) is 16.0 Å². The van der Waals surface area contributed by atoms with Crippen LogP contribution in [-0.4, -0.2) is 41.7 Å². The van der Waals surface area contributed by atoms with Crippen LogP contribution in [0.15, 0.2) is 18.2 Å². The molecule has 0 bridgehead atoms. The Morgan fingerprint density at radius 1 is 1.39 bits per heavy atom. The average molecular weight is 321 g/mol. The normalized spacial score (nSPS) is 16.9. The van der Waals surface area contributed by atoms with Crippen LogP contribution in [0.1, 0.15) is 37.0 Å². The van der Waals surface area contributed by atoms with Gasteiger partial charge in [-0.15, -0.1) is 0 Å². The van der Waals surface area contributed by atoms with Gasteiger partial charge in [-0.2, -0.15) is 0 Å². The first kappa shape index (κ1) is 17.2. The topological polar surface area (TPSA) is 95.7 Å². The highest BCUT2D eigenvalue weighted by Gasteiger charge is 2.24. The summed E-state index contributed by atoms with van der Waals surface area (Å²) < 4.78 is 0. The van der Waals surface area contributed by atoms with E-state index in [2.05, 4.69) is 10.2 Å². The minimum Gasteiger partial charge on any atom is -0.396 e. The number of rotatable bonds is 6. The second-order valence-electron chi connectivity index (χ2n) is 6.07. The summed E-state index contributed by atoms with van der Waals surface area (Å²) in [5.74, 6) is -0.434. The van der Waals surface area contributed by atoms with Crippen molar-refractivity contribution >= 4 is 17.3 Å². The highest BCUT2D eigenvalue weighted by Crippen LogP contribution is 2.28. The molecule has 1 amide bonds. The van der Waals surface area contributed by atoms with Crippen LogP contribution in [-0.2, 0) is 0 Å². The van der Waals surface area contributed by atoms with Crippen LogP contribution in [0.5, 0.6) is 0 Å². The lowest BCUT2D eigenvalue weighted by atomic mass is 10.0. The lowest BCUT2D eigenvalue weighted by Crippen LogP contribution is -2.39. The zero-order chi connectivity index (χ0) is 17.0. The number of anilines is 1. The Morgan fingerprint density at radius 3 is 2.61 bits per heavy atom. The van der Waals surface area contributed by atoms with E-state index in [4.69, 9.17) is 0 Å². The van der Waals surface area contributed by atoms with Crippen LogP contribution >= 0.6 is 0 Å². The van der Waals surface area contributed by atoms with Gasteiger partial charge in [-0.25, -0.2) is 0 Å². The van der Waals surface area contributed by atoms with Crippen molar-refractivity contribution in [3.8, 4) is 0 Å². The molecule has 2 atom stereocenters. The van der Waals surface area contributed by atoms with Crippen molar-refractivity contribution in [1.82, 2.24) is 5.32 Å². The number of nitrogens with zero attached hydrogens (tertiary/aromatic N) is 2. The minimum absolute atomic E-state index is 0.0324. The van der Waals surface area contributed by atoms with Gasteiger partial charge in [0.1, 0.15) is 0 Å². The lowest BCUT2D eigenvalue weighted by molar-refractivity contribution is -0.384. The van der Waals surface area contributed by atoms with Gasteiger partial charge in [0.15, 0.2) is 0 Å². The molecule has 1 aliphatic rings. The van der Waals surface area contributed by atoms with E-state index >= 15 is 0 Å². The van der Waals surface area contributed by atoms with E-state index in [0.29, 0.717) is 5.56 Å². The molecule has 1 aromatic carbocycles. The molecule has 0 aromatic heterocycles. The Kier molecular flexibility index (Phi) is 5.54. The predicted molar refractivity (Wildman–Crippen MR) is 87.7 cm³/mol. The monoisotopic (exact) mass is 321 g/mol. The van der Waals surface area contributed by atoms with Crippen molar-refractivity contribution in [2.75, 3.05) is 24.6 Å². The SMILES string of the molecule is CC(CO)C(C)NC(=O)c1cc([N+](=O)[O-])ccc1N1CCCC1. The molecule has 0 aliphatic carbocycles. The molecule has 1 aromatic rings. The van der Waals surface area contributed by atoms with E-state index in [9.17, 15) is 20.0 Å². The third-order valence-electron chi connectivity index (χ3n) is 4.38. The Bertz CT molecular complexity index is 585. The molecule has 1 aliphatic heterocycles. The van der Waals surface area contributed by atoms with E-state index in [0.717, 1.165) is 31.6 Å². The summed E-state index contributed by atoms with van der Waals surface area (Å²) in [6, 6.07) is 4.19. The molecule has 1 fully saturated rings.